The minimum Gasteiger partial charge on any atom is -0.338 e. The molecule has 1 aromatic carbocycles. The zero-order valence-corrected chi connectivity index (χ0v) is 8.66. The average molecular weight is 224 g/mol. The monoisotopic (exact) mass is 223 g/mol. The van der Waals surface area contributed by atoms with E-state index in [2.05, 4.69) is 5.43 Å². The molecule has 0 unspecified atom stereocenters. The Morgan fingerprint density at radius 3 is 3.00 bits per heavy atom. The Morgan fingerprint density at radius 1 is 1.47 bits per heavy atom. The molecule has 1 heterocycles. The molecule has 1 aromatic heterocycles. The molecule has 15 heavy (non-hydrogen) atoms. The number of halogens is 1. The first-order valence-electron chi connectivity index (χ1n) is 4.44. The number of hydrogen-bond acceptors (Lipinski definition) is 2. The van der Waals surface area contributed by atoms with Crippen molar-refractivity contribution in [2.75, 3.05) is 0 Å². The van der Waals surface area contributed by atoms with Gasteiger partial charge >= 0.3 is 0 Å². The van der Waals surface area contributed by atoms with Crippen molar-refractivity contribution >= 4 is 28.4 Å². The molecule has 78 valence electrons. The van der Waals surface area contributed by atoms with Crippen molar-refractivity contribution in [2.24, 2.45) is 5.84 Å². The SMILES string of the molecule is NNC(=O)Cn1ccc2cc(Cl)ccc21. The predicted molar refractivity (Wildman–Crippen MR) is 59.3 cm³/mol. The lowest BCUT2D eigenvalue weighted by Gasteiger charge is -2.03. The zero-order chi connectivity index (χ0) is 10.8. The fourth-order valence-corrected chi connectivity index (χ4v) is 1.69. The molecule has 0 saturated heterocycles. The molecule has 1 amide bonds. The summed E-state index contributed by atoms with van der Waals surface area (Å²) in [6, 6.07) is 7.43. The van der Waals surface area contributed by atoms with E-state index in [1.54, 1.807) is 6.07 Å². The van der Waals surface area contributed by atoms with Crippen LogP contribution in [0.15, 0.2) is 30.5 Å². The van der Waals surface area contributed by atoms with Crippen molar-refractivity contribution in [3.8, 4) is 0 Å². The molecule has 5 heteroatoms. The number of carbonyl (C=O) groups excluding carboxylic acids is 1. The normalized spacial score (nSPS) is 10.5. The van der Waals surface area contributed by atoms with Gasteiger partial charge in [0.25, 0.3) is 5.91 Å². The van der Waals surface area contributed by atoms with Crippen molar-refractivity contribution in [1.29, 1.82) is 0 Å². The Morgan fingerprint density at radius 2 is 2.27 bits per heavy atom. The lowest BCUT2D eigenvalue weighted by atomic mass is 10.2. The van der Waals surface area contributed by atoms with Gasteiger partial charge in [0.15, 0.2) is 0 Å². The van der Waals surface area contributed by atoms with E-state index < -0.39 is 0 Å². The van der Waals surface area contributed by atoms with Crippen molar-refractivity contribution in [2.45, 2.75) is 6.54 Å². The second-order valence-electron chi connectivity index (χ2n) is 3.21. The van der Waals surface area contributed by atoms with Gasteiger partial charge in [0.05, 0.1) is 0 Å². The number of benzene rings is 1. The van der Waals surface area contributed by atoms with Crippen LogP contribution in [0.3, 0.4) is 0 Å². The third-order valence-electron chi connectivity index (χ3n) is 2.21. The average Bonchev–Trinajstić information content (AvgIpc) is 2.60. The lowest BCUT2D eigenvalue weighted by molar-refractivity contribution is -0.121. The molecule has 3 N–H and O–H groups in total. The van der Waals surface area contributed by atoms with Crippen LogP contribution in [0, 0.1) is 0 Å². The molecule has 2 rings (SSSR count). The van der Waals surface area contributed by atoms with Crippen LogP contribution in [0.4, 0.5) is 0 Å². The number of hydrazine groups is 1. The Balaban J connectivity index is 2.41. The standard InChI is InChI=1S/C10H10ClN3O/c11-8-1-2-9-7(5-8)3-4-14(9)6-10(15)13-12/h1-5H,6,12H2,(H,13,15). The molecule has 0 aliphatic heterocycles. The van der Waals surface area contributed by atoms with Gasteiger partial charge < -0.3 is 4.57 Å². The summed E-state index contributed by atoms with van der Waals surface area (Å²) in [5.41, 5.74) is 3.05. The third-order valence-corrected chi connectivity index (χ3v) is 2.44. The van der Waals surface area contributed by atoms with Crippen molar-refractivity contribution in [3.63, 3.8) is 0 Å². The molecular weight excluding hydrogens is 214 g/mol. The van der Waals surface area contributed by atoms with E-state index in [9.17, 15) is 4.79 Å². The number of aromatic nitrogens is 1. The Bertz CT molecular complexity index is 506. The van der Waals surface area contributed by atoms with E-state index in [0.29, 0.717) is 5.02 Å². The summed E-state index contributed by atoms with van der Waals surface area (Å²) < 4.78 is 1.81. The molecule has 0 fully saturated rings. The second kappa shape index (κ2) is 3.92. The van der Waals surface area contributed by atoms with Gasteiger partial charge in [0.2, 0.25) is 0 Å². The van der Waals surface area contributed by atoms with Gasteiger partial charge in [0, 0.05) is 22.1 Å². The highest BCUT2D eigenvalue weighted by atomic mass is 35.5. The Kier molecular flexibility index (Phi) is 2.62. The summed E-state index contributed by atoms with van der Waals surface area (Å²) in [5, 5.41) is 1.69. The van der Waals surface area contributed by atoms with Gasteiger partial charge in [-0.3, -0.25) is 10.2 Å². The molecular formula is C10H10ClN3O. The first-order valence-corrected chi connectivity index (χ1v) is 4.82. The highest BCUT2D eigenvalue weighted by molar-refractivity contribution is 6.31. The van der Waals surface area contributed by atoms with Crippen molar-refractivity contribution in [1.82, 2.24) is 9.99 Å². The quantitative estimate of drug-likeness (QED) is 0.458. The van der Waals surface area contributed by atoms with Gasteiger partial charge in [-0.1, -0.05) is 11.6 Å². The van der Waals surface area contributed by atoms with Crippen molar-refractivity contribution < 1.29 is 4.79 Å². The first-order chi connectivity index (χ1) is 7.20. The number of amides is 1. The van der Waals surface area contributed by atoms with E-state index >= 15 is 0 Å². The molecule has 4 nitrogen and oxygen atoms in total. The first kappa shape index (κ1) is 10.0. The molecule has 2 aromatic rings. The fourth-order valence-electron chi connectivity index (χ4n) is 1.51. The van der Waals surface area contributed by atoms with E-state index in [4.69, 9.17) is 17.4 Å². The fraction of sp³-hybridized carbons (Fsp3) is 0.100. The number of carbonyl (C=O) groups is 1. The molecule has 0 bridgehead atoms. The van der Waals surface area contributed by atoms with Crippen LogP contribution in [0.5, 0.6) is 0 Å². The van der Waals surface area contributed by atoms with Gasteiger partial charge in [0.1, 0.15) is 6.54 Å². The van der Waals surface area contributed by atoms with Gasteiger partial charge in [-0.05, 0) is 24.3 Å². The lowest BCUT2D eigenvalue weighted by Crippen LogP contribution is -2.33. The second-order valence-corrected chi connectivity index (χ2v) is 3.65. The minimum atomic E-state index is -0.234. The largest absolute Gasteiger partial charge is 0.338 e. The van der Waals surface area contributed by atoms with Crippen LogP contribution in [0.2, 0.25) is 5.02 Å². The summed E-state index contributed by atoms with van der Waals surface area (Å²) in [5.74, 6) is 4.79. The summed E-state index contributed by atoms with van der Waals surface area (Å²) in [4.78, 5) is 11.1. The van der Waals surface area contributed by atoms with Crippen LogP contribution in [0.1, 0.15) is 0 Å². The van der Waals surface area contributed by atoms with Gasteiger partial charge in [-0.2, -0.15) is 0 Å². The Hall–Kier alpha value is -1.52. The molecule has 0 aliphatic rings. The number of nitrogens with two attached hydrogens (primary N) is 1. The third kappa shape index (κ3) is 1.95. The maximum atomic E-state index is 11.1. The number of rotatable bonds is 2. The van der Waals surface area contributed by atoms with Gasteiger partial charge in [-0.15, -0.1) is 0 Å². The summed E-state index contributed by atoms with van der Waals surface area (Å²) in [6.07, 6.45) is 1.83. The van der Waals surface area contributed by atoms with Crippen molar-refractivity contribution in [3.05, 3.63) is 35.5 Å². The smallest absolute Gasteiger partial charge is 0.253 e. The zero-order valence-electron chi connectivity index (χ0n) is 7.90. The molecule has 0 atom stereocenters. The highest BCUT2D eigenvalue weighted by Gasteiger charge is 2.04. The number of nitrogens with one attached hydrogen (secondary N) is 1. The minimum absolute atomic E-state index is 0.210. The van der Waals surface area contributed by atoms with Crippen LogP contribution < -0.4 is 11.3 Å². The van der Waals surface area contributed by atoms with E-state index in [0.717, 1.165) is 10.9 Å². The maximum Gasteiger partial charge on any atom is 0.253 e. The van der Waals surface area contributed by atoms with E-state index in [1.807, 2.05) is 29.0 Å². The summed E-state index contributed by atoms with van der Waals surface area (Å²) in [7, 11) is 0. The van der Waals surface area contributed by atoms with Crippen LogP contribution in [0.25, 0.3) is 10.9 Å². The predicted octanol–water partition coefficient (Wildman–Crippen LogP) is 1.28. The number of fused-ring (bicyclic) bond motifs is 1. The summed E-state index contributed by atoms with van der Waals surface area (Å²) >= 11 is 5.85. The van der Waals surface area contributed by atoms with E-state index in [1.165, 1.54) is 0 Å². The van der Waals surface area contributed by atoms with Crippen LogP contribution >= 0.6 is 11.6 Å². The van der Waals surface area contributed by atoms with Crippen LogP contribution in [-0.2, 0) is 11.3 Å². The summed E-state index contributed by atoms with van der Waals surface area (Å²) in [6.45, 7) is 0.210. The highest BCUT2D eigenvalue weighted by Crippen LogP contribution is 2.20. The van der Waals surface area contributed by atoms with Crippen LogP contribution in [-0.4, -0.2) is 10.5 Å². The number of nitrogens with zero attached hydrogens (tertiary/aromatic N) is 1. The molecule has 0 aliphatic carbocycles. The Labute approximate surface area is 91.6 Å². The molecule has 0 spiro atoms. The van der Waals surface area contributed by atoms with E-state index in [-0.39, 0.29) is 12.5 Å². The maximum absolute atomic E-state index is 11.1. The van der Waals surface area contributed by atoms with Gasteiger partial charge in [-0.25, -0.2) is 5.84 Å². The molecule has 0 saturated carbocycles. The number of hydrogen-bond donors (Lipinski definition) is 2. The topological polar surface area (TPSA) is 60.0 Å². The molecule has 0 radical (unpaired) electrons.